The summed E-state index contributed by atoms with van der Waals surface area (Å²) in [5, 5.41) is 8.74. The Morgan fingerprint density at radius 1 is 1.19 bits per heavy atom. The van der Waals surface area contributed by atoms with Crippen LogP contribution >= 0.6 is 24.0 Å². The molecule has 6 nitrogen and oxygen atoms in total. The molecule has 1 saturated carbocycles. The summed E-state index contributed by atoms with van der Waals surface area (Å²) in [6.07, 6.45) is 2.53. The van der Waals surface area contributed by atoms with E-state index in [1.54, 1.807) is 0 Å². The molecule has 1 unspecified atom stereocenters. The number of hydrogen-bond donors (Lipinski definition) is 0. The van der Waals surface area contributed by atoms with E-state index < -0.39 is 0 Å². The minimum absolute atomic E-state index is 0. The standard InChI is InChI=1S/C20H28N4O2.HI/c1-15-21-22-19(24(15)16-9-10-16)12-23-11-18(26-20(2,3)14-23)13-25-17-7-5-4-6-8-17;/h4-8,16,18H,9-14H2,1-3H3;1H. The van der Waals surface area contributed by atoms with E-state index in [-0.39, 0.29) is 35.7 Å². The van der Waals surface area contributed by atoms with Crippen molar-refractivity contribution in [3.8, 4) is 5.75 Å². The van der Waals surface area contributed by atoms with Gasteiger partial charge in [0.1, 0.15) is 30.1 Å². The van der Waals surface area contributed by atoms with E-state index >= 15 is 0 Å². The van der Waals surface area contributed by atoms with Gasteiger partial charge in [-0.2, -0.15) is 0 Å². The highest BCUT2D eigenvalue weighted by Gasteiger charge is 2.35. The van der Waals surface area contributed by atoms with Crippen molar-refractivity contribution >= 4 is 24.0 Å². The monoisotopic (exact) mass is 484 g/mol. The van der Waals surface area contributed by atoms with Gasteiger partial charge in [-0.25, -0.2) is 0 Å². The third kappa shape index (κ3) is 5.20. The molecular formula is C20H29IN4O2. The second kappa shape index (κ2) is 8.45. The van der Waals surface area contributed by atoms with Crippen molar-refractivity contribution in [3.63, 3.8) is 0 Å². The van der Waals surface area contributed by atoms with Gasteiger partial charge < -0.3 is 14.0 Å². The van der Waals surface area contributed by atoms with Crippen LogP contribution in [0, 0.1) is 6.92 Å². The lowest BCUT2D eigenvalue weighted by Crippen LogP contribution is -2.54. The van der Waals surface area contributed by atoms with Crippen LogP contribution in [0.3, 0.4) is 0 Å². The molecule has 2 aromatic rings. The van der Waals surface area contributed by atoms with Crippen molar-refractivity contribution in [1.82, 2.24) is 19.7 Å². The zero-order valence-electron chi connectivity index (χ0n) is 16.3. The lowest BCUT2D eigenvalue weighted by molar-refractivity contribution is -0.148. The molecule has 2 aliphatic rings. The molecule has 1 aliphatic carbocycles. The number of halogens is 1. The lowest BCUT2D eigenvalue weighted by atomic mass is 10.1. The first-order chi connectivity index (χ1) is 12.5. The fourth-order valence-corrected chi connectivity index (χ4v) is 3.86. The summed E-state index contributed by atoms with van der Waals surface area (Å²) in [6.45, 7) is 9.42. The van der Waals surface area contributed by atoms with Crippen LogP contribution in [-0.4, -0.2) is 51.1 Å². The second-order valence-electron chi connectivity index (χ2n) is 8.06. The molecule has 1 aliphatic heterocycles. The molecule has 7 heteroatoms. The van der Waals surface area contributed by atoms with E-state index in [9.17, 15) is 0 Å². The Hall–Kier alpha value is -1.19. The third-order valence-corrected chi connectivity index (χ3v) is 4.94. The maximum Gasteiger partial charge on any atom is 0.147 e. The van der Waals surface area contributed by atoms with Crippen molar-refractivity contribution in [2.45, 2.75) is 57.9 Å². The molecule has 2 heterocycles. The largest absolute Gasteiger partial charge is 0.491 e. The average Bonchev–Trinajstić information content (AvgIpc) is 3.37. The number of para-hydroxylation sites is 1. The van der Waals surface area contributed by atoms with E-state index in [2.05, 4.69) is 40.4 Å². The fourth-order valence-electron chi connectivity index (χ4n) is 3.86. The summed E-state index contributed by atoms with van der Waals surface area (Å²) in [4.78, 5) is 2.42. The molecule has 2 fully saturated rings. The fraction of sp³-hybridized carbons (Fsp3) is 0.600. The third-order valence-electron chi connectivity index (χ3n) is 4.94. The smallest absolute Gasteiger partial charge is 0.147 e. The molecule has 4 rings (SSSR count). The number of hydrogen-bond acceptors (Lipinski definition) is 5. The van der Waals surface area contributed by atoms with Gasteiger partial charge >= 0.3 is 0 Å². The summed E-state index contributed by atoms with van der Waals surface area (Å²) >= 11 is 0. The first kappa shape index (κ1) is 20.5. The van der Waals surface area contributed by atoms with E-state index in [1.807, 2.05) is 30.3 Å². The molecule has 1 atom stereocenters. The highest BCUT2D eigenvalue weighted by atomic mass is 127. The number of rotatable bonds is 6. The maximum atomic E-state index is 6.25. The van der Waals surface area contributed by atoms with E-state index in [4.69, 9.17) is 9.47 Å². The summed E-state index contributed by atoms with van der Waals surface area (Å²) in [5.74, 6) is 2.99. The average molecular weight is 484 g/mol. The van der Waals surface area contributed by atoms with Gasteiger partial charge in [0.05, 0.1) is 12.1 Å². The highest BCUT2D eigenvalue weighted by molar-refractivity contribution is 14.0. The minimum atomic E-state index is -0.206. The Kier molecular flexibility index (Phi) is 6.43. The molecule has 27 heavy (non-hydrogen) atoms. The number of aryl methyl sites for hydroxylation is 1. The van der Waals surface area contributed by atoms with Crippen LogP contribution in [0.4, 0.5) is 0 Å². The molecular weight excluding hydrogens is 455 g/mol. The summed E-state index contributed by atoms with van der Waals surface area (Å²) in [6, 6.07) is 10.5. The molecule has 0 N–H and O–H groups in total. The molecule has 0 radical (unpaired) electrons. The van der Waals surface area contributed by atoms with Gasteiger partial charge in [-0.3, -0.25) is 4.90 Å². The Bertz CT molecular complexity index is 746. The molecule has 0 bridgehead atoms. The van der Waals surface area contributed by atoms with Crippen LogP contribution in [0.5, 0.6) is 5.75 Å². The molecule has 1 aromatic heterocycles. The first-order valence-corrected chi connectivity index (χ1v) is 9.48. The first-order valence-electron chi connectivity index (χ1n) is 9.48. The Morgan fingerprint density at radius 2 is 1.93 bits per heavy atom. The van der Waals surface area contributed by atoms with Gasteiger partial charge in [-0.05, 0) is 45.7 Å². The van der Waals surface area contributed by atoms with Gasteiger partial charge in [-0.1, -0.05) is 18.2 Å². The molecule has 148 valence electrons. The predicted molar refractivity (Wildman–Crippen MR) is 115 cm³/mol. The molecule has 0 amide bonds. The van der Waals surface area contributed by atoms with Gasteiger partial charge in [0.15, 0.2) is 0 Å². The van der Waals surface area contributed by atoms with Crippen LogP contribution in [0.1, 0.15) is 44.4 Å². The van der Waals surface area contributed by atoms with Crippen LogP contribution in [0.25, 0.3) is 0 Å². The molecule has 0 spiro atoms. The maximum absolute atomic E-state index is 6.25. The quantitative estimate of drug-likeness (QED) is 0.587. The van der Waals surface area contributed by atoms with Crippen molar-refractivity contribution in [2.75, 3.05) is 19.7 Å². The van der Waals surface area contributed by atoms with Crippen molar-refractivity contribution in [2.24, 2.45) is 0 Å². The van der Waals surface area contributed by atoms with E-state index in [0.717, 1.165) is 37.0 Å². The number of ether oxygens (including phenoxy) is 2. The van der Waals surface area contributed by atoms with Crippen LogP contribution in [-0.2, 0) is 11.3 Å². The second-order valence-corrected chi connectivity index (χ2v) is 8.06. The number of nitrogens with zero attached hydrogens (tertiary/aromatic N) is 4. The normalized spacial score (nSPS) is 22.3. The predicted octanol–water partition coefficient (Wildman–Crippen LogP) is 3.60. The zero-order valence-corrected chi connectivity index (χ0v) is 18.6. The Morgan fingerprint density at radius 3 is 2.63 bits per heavy atom. The van der Waals surface area contributed by atoms with Crippen molar-refractivity contribution in [1.29, 1.82) is 0 Å². The van der Waals surface area contributed by atoms with Gasteiger partial charge in [-0.15, -0.1) is 34.2 Å². The summed E-state index contributed by atoms with van der Waals surface area (Å²) in [5.41, 5.74) is -0.206. The Labute approximate surface area is 178 Å². The number of aromatic nitrogens is 3. The summed E-state index contributed by atoms with van der Waals surface area (Å²) in [7, 11) is 0. The SMILES string of the molecule is Cc1nnc(CN2CC(COc3ccccc3)OC(C)(C)C2)n1C1CC1.I. The van der Waals surface area contributed by atoms with Crippen molar-refractivity contribution < 1.29 is 9.47 Å². The van der Waals surface area contributed by atoms with Crippen molar-refractivity contribution in [3.05, 3.63) is 42.0 Å². The minimum Gasteiger partial charge on any atom is -0.491 e. The summed E-state index contributed by atoms with van der Waals surface area (Å²) < 4.78 is 14.5. The molecule has 1 aromatic carbocycles. The zero-order chi connectivity index (χ0) is 18.1. The molecule has 1 saturated heterocycles. The van der Waals surface area contributed by atoms with E-state index in [0.29, 0.717) is 12.6 Å². The van der Waals surface area contributed by atoms with Gasteiger partial charge in [0, 0.05) is 19.1 Å². The number of benzene rings is 1. The lowest BCUT2D eigenvalue weighted by Gasteiger charge is -2.42. The van der Waals surface area contributed by atoms with Crippen LogP contribution in [0.15, 0.2) is 30.3 Å². The topological polar surface area (TPSA) is 52.4 Å². The number of morpholine rings is 1. The van der Waals surface area contributed by atoms with Gasteiger partial charge in [0.2, 0.25) is 0 Å². The van der Waals surface area contributed by atoms with Gasteiger partial charge in [0.25, 0.3) is 0 Å². The van der Waals surface area contributed by atoms with Crippen LogP contribution in [0.2, 0.25) is 0 Å². The highest BCUT2D eigenvalue weighted by Crippen LogP contribution is 2.36. The van der Waals surface area contributed by atoms with Crippen LogP contribution < -0.4 is 4.74 Å². The Balaban J connectivity index is 0.00000210. The van der Waals surface area contributed by atoms with E-state index in [1.165, 1.54) is 12.8 Å².